The third-order valence-electron chi connectivity index (χ3n) is 2.56. The summed E-state index contributed by atoms with van der Waals surface area (Å²) >= 11 is 0. The minimum absolute atomic E-state index is 0.104. The van der Waals surface area contributed by atoms with Crippen LogP contribution in [-0.2, 0) is 0 Å². The Labute approximate surface area is 94.3 Å². The molecule has 0 heterocycles. The molecule has 0 unspecified atom stereocenters. The lowest BCUT2D eigenvalue weighted by atomic mass is 9.97. The summed E-state index contributed by atoms with van der Waals surface area (Å²) in [5, 5.41) is 11.8. The first-order valence-electron chi connectivity index (χ1n) is 4.99. The van der Waals surface area contributed by atoms with Crippen LogP contribution in [0.15, 0.2) is 12.1 Å². The third kappa shape index (κ3) is 2.46. The molecule has 4 heteroatoms. The smallest absolute Gasteiger partial charge is 0.335 e. The van der Waals surface area contributed by atoms with Gasteiger partial charge in [0.2, 0.25) is 0 Å². The number of carbonyl (C=O) groups excluding carboxylic acids is 1. The van der Waals surface area contributed by atoms with Crippen molar-refractivity contribution in [1.29, 1.82) is 0 Å². The molecular formula is C12H15NO3. The van der Waals surface area contributed by atoms with E-state index in [0.29, 0.717) is 11.1 Å². The number of nitrogens with one attached hydrogen (secondary N) is 1. The summed E-state index contributed by atoms with van der Waals surface area (Å²) in [6.07, 6.45) is 0. The number of rotatable bonds is 4. The van der Waals surface area contributed by atoms with Crippen molar-refractivity contribution >= 4 is 11.8 Å². The molecule has 0 aliphatic rings. The van der Waals surface area contributed by atoms with Gasteiger partial charge >= 0.3 is 5.97 Å². The van der Waals surface area contributed by atoms with E-state index >= 15 is 0 Å². The fourth-order valence-electron chi connectivity index (χ4n) is 1.51. The molecule has 0 aromatic heterocycles. The largest absolute Gasteiger partial charge is 0.478 e. The van der Waals surface area contributed by atoms with Crippen LogP contribution in [0, 0.1) is 13.8 Å². The predicted octanol–water partition coefficient (Wildman–Crippen LogP) is 1.40. The molecule has 0 saturated carbocycles. The van der Waals surface area contributed by atoms with E-state index in [9.17, 15) is 9.59 Å². The number of carboxylic acid groups (broad SMARTS) is 1. The van der Waals surface area contributed by atoms with E-state index in [2.05, 4.69) is 5.32 Å². The van der Waals surface area contributed by atoms with Crippen molar-refractivity contribution < 1.29 is 14.7 Å². The van der Waals surface area contributed by atoms with Gasteiger partial charge in [-0.15, -0.1) is 0 Å². The maximum absolute atomic E-state index is 11.6. The van der Waals surface area contributed by atoms with E-state index < -0.39 is 5.97 Å². The number of carbonyl (C=O) groups is 2. The maximum atomic E-state index is 11.6. The molecule has 0 fully saturated rings. The third-order valence-corrected chi connectivity index (χ3v) is 2.56. The first kappa shape index (κ1) is 12.4. The summed E-state index contributed by atoms with van der Waals surface area (Å²) in [7, 11) is 1.68. The first-order chi connectivity index (χ1) is 7.47. The molecule has 2 N–H and O–H groups in total. The fraction of sp³-hybridized carbons (Fsp3) is 0.333. The van der Waals surface area contributed by atoms with E-state index in [1.165, 1.54) is 6.07 Å². The molecule has 1 aromatic rings. The van der Waals surface area contributed by atoms with Crippen LogP contribution >= 0.6 is 0 Å². The molecule has 0 amide bonds. The average molecular weight is 221 g/mol. The number of ketones is 1. The van der Waals surface area contributed by atoms with Crippen molar-refractivity contribution in [2.24, 2.45) is 0 Å². The van der Waals surface area contributed by atoms with Gasteiger partial charge in [-0.2, -0.15) is 0 Å². The lowest BCUT2D eigenvalue weighted by molar-refractivity contribution is 0.0696. The van der Waals surface area contributed by atoms with Crippen LogP contribution in [0.25, 0.3) is 0 Å². The summed E-state index contributed by atoms with van der Waals surface area (Å²) in [5.74, 6) is -1.10. The molecule has 0 aliphatic heterocycles. The molecule has 0 radical (unpaired) electrons. The Morgan fingerprint density at radius 1 is 1.31 bits per heavy atom. The number of likely N-dealkylation sites (N-methyl/N-ethyl adjacent to an activating group) is 1. The molecular weight excluding hydrogens is 206 g/mol. The van der Waals surface area contributed by atoms with Gasteiger partial charge < -0.3 is 10.4 Å². The van der Waals surface area contributed by atoms with Crippen LogP contribution in [0.2, 0.25) is 0 Å². The normalized spacial score (nSPS) is 10.2. The molecule has 1 rings (SSSR count). The summed E-state index contributed by atoms with van der Waals surface area (Å²) in [6.45, 7) is 3.75. The number of aryl methyl sites for hydroxylation is 1. The second-order valence-corrected chi connectivity index (χ2v) is 3.72. The zero-order chi connectivity index (χ0) is 12.3. The van der Waals surface area contributed by atoms with Crippen LogP contribution in [-0.4, -0.2) is 30.5 Å². The molecule has 86 valence electrons. The lowest BCUT2D eigenvalue weighted by Gasteiger charge is -2.08. The molecule has 4 nitrogen and oxygen atoms in total. The minimum atomic E-state index is -1.00. The van der Waals surface area contributed by atoms with Gasteiger partial charge in [-0.05, 0) is 44.2 Å². The number of Topliss-reactive ketones (excluding diaryl/α,β-unsaturated/α-hetero) is 1. The SMILES string of the molecule is CNCC(=O)c1cc(C)c(C)c(C(=O)O)c1. The van der Waals surface area contributed by atoms with Crippen LogP contribution in [0.5, 0.6) is 0 Å². The van der Waals surface area contributed by atoms with Crippen molar-refractivity contribution in [3.05, 3.63) is 34.4 Å². The fourth-order valence-corrected chi connectivity index (χ4v) is 1.51. The first-order valence-corrected chi connectivity index (χ1v) is 4.99. The van der Waals surface area contributed by atoms with E-state index in [1.54, 1.807) is 27.0 Å². The zero-order valence-corrected chi connectivity index (χ0v) is 9.63. The second-order valence-electron chi connectivity index (χ2n) is 3.72. The molecule has 1 aromatic carbocycles. The molecule has 0 saturated heterocycles. The Bertz CT molecular complexity index is 438. The van der Waals surface area contributed by atoms with Gasteiger partial charge in [0.05, 0.1) is 12.1 Å². The summed E-state index contributed by atoms with van der Waals surface area (Å²) in [4.78, 5) is 22.6. The van der Waals surface area contributed by atoms with Crippen molar-refractivity contribution in [3.8, 4) is 0 Å². The van der Waals surface area contributed by atoms with E-state index in [-0.39, 0.29) is 17.9 Å². The standard InChI is InChI=1S/C12H15NO3/c1-7-4-9(11(14)6-13-3)5-10(8(7)2)12(15)16/h4-5,13H,6H2,1-3H3,(H,15,16). The highest BCUT2D eigenvalue weighted by molar-refractivity contribution is 6.00. The Morgan fingerprint density at radius 3 is 2.44 bits per heavy atom. The Hall–Kier alpha value is -1.68. The van der Waals surface area contributed by atoms with Gasteiger partial charge in [-0.3, -0.25) is 4.79 Å². The number of hydrogen-bond acceptors (Lipinski definition) is 3. The average Bonchev–Trinajstić information content (AvgIpc) is 2.21. The number of benzene rings is 1. The van der Waals surface area contributed by atoms with Crippen LogP contribution in [0.4, 0.5) is 0 Å². The number of hydrogen-bond donors (Lipinski definition) is 2. The lowest BCUT2D eigenvalue weighted by Crippen LogP contribution is -2.19. The van der Waals surface area contributed by atoms with Crippen LogP contribution in [0.3, 0.4) is 0 Å². The molecule has 0 bridgehead atoms. The highest BCUT2D eigenvalue weighted by Gasteiger charge is 2.14. The Morgan fingerprint density at radius 2 is 1.94 bits per heavy atom. The van der Waals surface area contributed by atoms with Crippen LogP contribution < -0.4 is 5.32 Å². The second kappa shape index (κ2) is 4.90. The van der Waals surface area contributed by atoms with E-state index in [4.69, 9.17) is 5.11 Å². The number of carboxylic acids is 1. The summed E-state index contributed by atoms with van der Waals surface area (Å²) in [6, 6.07) is 3.16. The van der Waals surface area contributed by atoms with Gasteiger partial charge in [0.25, 0.3) is 0 Å². The highest BCUT2D eigenvalue weighted by Crippen LogP contribution is 2.16. The maximum Gasteiger partial charge on any atom is 0.335 e. The van der Waals surface area contributed by atoms with Crippen molar-refractivity contribution in [2.45, 2.75) is 13.8 Å². The molecule has 0 aliphatic carbocycles. The van der Waals surface area contributed by atoms with Crippen molar-refractivity contribution in [1.82, 2.24) is 5.32 Å². The number of aromatic carboxylic acids is 1. The topological polar surface area (TPSA) is 66.4 Å². The molecule has 16 heavy (non-hydrogen) atoms. The predicted molar refractivity (Wildman–Crippen MR) is 61.1 cm³/mol. The van der Waals surface area contributed by atoms with Gasteiger partial charge in [0.1, 0.15) is 0 Å². The minimum Gasteiger partial charge on any atom is -0.478 e. The van der Waals surface area contributed by atoms with E-state index in [0.717, 1.165) is 5.56 Å². The summed E-state index contributed by atoms with van der Waals surface area (Å²) in [5.41, 5.74) is 2.15. The quantitative estimate of drug-likeness (QED) is 0.754. The zero-order valence-electron chi connectivity index (χ0n) is 9.63. The van der Waals surface area contributed by atoms with Crippen molar-refractivity contribution in [3.63, 3.8) is 0 Å². The van der Waals surface area contributed by atoms with Gasteiger partial charge in [-0.1, -0.05) is 0 Å². The van der Waals surface area contributed by atoms with Gasteiger partial charge in [-0.25, -0.2) is 4.79 Å². The van der Waals surface area contributed by atoms with Crippen molar-refractivity contribution in [2.75, 3.05) is 13.6 Å². The molecule has 0 atom stereocenters. The Kier molecular flexibility index (Phi) is 3.79. The Balaban J connectivity index is 3.24. The molecule has 0 spiro atoms. The van der Waals surface area contributed by atoms with Crippen LogP contribution in [0.1, 0.15) is 31.8 Å². The van der Waals surface area contributed by atoms with Gasteiger partial charge in [0, 0.05) is 5.56 Å². The monoisotopic (exact) mass is 221 g/mol. The van der Waals surface area contributed by atoms with Gasteiger partial charge in [0.15, 0.2) is 5.78 Å². The summed E-state index contributed by atoms with van der Waals surface area (Å²) < 4.78 is 0. The highest BCUT2D eigenvalue weighted by atomic mass is 16.4. The van der Waals surface area contributed by atoms with E-state index in [1.807, 2.05) is 0 Å².